The number of aliphatic hydroxyl groups is 2. The Balaban J connectivity index is 2.43. The van der Waals surface area contributed by atoms with Crippen LogP contribution in [0.15, 0.2) is 35.3 Å². The van der Waals surface area contributed by atoms with Crippen LogP contribution in [0, 0.1) is 23.7 Å². The number of ketones is 5. The first-order valence-corrected chi connectivity index (χ1v) is 31.6. The first kappa shape index (κ1) is 73.5. The molecule has 0 bridgehead atoms. The minimum atomic E-state index is -1.38. The fourth-order valence-corrected chi connectivity index (χ4v) is 11.2. The predicted molar refractivity (Wildman–Crippen MR) is 324 cm³/mol. The third kappa shape index (κ3) is 32.3. The van der Waals surface area contributed by atoms with Crippen molar-refractivity contribution >= 4 is 76.2 Å². The Morgan fingerprint density at radius 2 is 1.40 bits per heavy atom. The molecule has 1 aliphatic rings. The molecule has 22 heteroatoms. The van der Waals surface area contributed by atoms with Crippen LogP contribution in [0.4, 0.5) is 0 Å². The maximum absolute atomic E-state index is 14.5. The average Bonchev–Trinajstić information content (AvgIpc) is 3.59. The molecule has 13 N–H and O–H groups in total. The highest BCUT2D eigenvalue weighted by atomic mass is 32.2. The number of unbranched alkanes of at least 4 members (excludes halogenated alkanes) is 13. The van der Waals surface area contributed by atoms with Crippen molar-refractivity contribution in [2.45, 2.75) is 219 Å². The quantitative estimate of drug-likeness (QED) is 0.0253. The zero-order chi connectivity index (χ0) is 61.5. The first-order valence-electron chi connectivity index (χ1n) is 30.4. The van der Waals surface area contributed by atoms with Crippen molar-refractivity contribution in [1.82, 2.24) is 26.6 Å². The summed E-state index contributed by atoms with van der Waals surface area (Å²) in [5, 5.41) is 34.5. The van der Waals surface area contributed by atoms with E-state index in [1.54, 1.807) is 30.3 Å². The number of aliphatic imine (C=N–C) groups is 1. The number of carbonyl (C=O) groups excluding carboxylic acids is 10. The molecule has 2 rings (SSSR count). The summed E-state index contributed by atoms with van der Waals surface area (Å²) >= 11 is 1.12. The summed E-state index contributed by atoms with van der Waals surface area (Å²) < 4.78 is 0. The van der Waals surface area contributed by atoms with E-state index in [1.807, 2.05) is 0 Å². The molecule has 1 aromatic rings. The lowest BCUT2D eigenvalue weighted by atomic mass is 9.82. The number of thioether (sulfide) groups is 1. The second kappa shape index (κ2) is 43.1. The van der Waals surface area contributed by atoms with Crippen LogP contribution in [0.3, 0.4) is 0 Å². The van der Waals surface area contributed by atoms with Crippen molar-refractivity contribution < 1.29 is 58.2 Å². The summed E-state index contributed by atoms with van der Waals surface area (Å²) in [5.41, 5.74) is 17.5. The van der Waals surface area contributed by atoms with Gasteiger partial charge in [-0.2, -0.15) is 11.8 Å². The highest BCUT2D eigenvalue weighted by molar-refractivity contribution is 7.99. The summed E-state index contributed by atoms with van der Waals surface area (Å²) in [6.45, 7) is 5.47. The number of nitrogens with two attached hydrogens (primary N) is 3. The van der Waals surface area contributed by atoms with Crippen molar-refractivity contribution in [2.24, 2.45) is 45.9 Å². The Labute approximate surface area is 496 Å². The smallest absolute Gasteiger partial charge is 0.244 e. The number of Topliss-reactive ketones (excluding diaryl/α,β-unsaturated/α-hetero) is 5. The van der Waals surface area contributed by atoms with Crippen LogP contribution in [0.25, 0.3) is 0 Å². The second-order valence-corrected chi connectivity index (χ2v) is 23.6. The Morgan fingerprint density at radius 1 is 0.771 bits per heavy atom. The summed E-state index contributed by atoms with van der Waals surface area (Å²) in [5.74, 6) is -10.3. The van der Waals surface area contributed by atoms with Gasteiger partial charge in [0.2, 0.25) is 29.5 Å². The van der Waals surface area contributed by atoms with Gasteiger partial charge in [-0.3, -0.25) is 52.9 Å². The van der Waals surface area contributed by atoms with Gasteiger partial charge in [-0.25, -0.2) is 0 Å². The SMILES string of the molecule is CCCCCCCCCCCCCCCC(=O)CC(CCCCN)C(=O)NCC(=O)N[C@H]1CSCC[C@@H](C(=O)C[C@H](C(C)=O)[C@@H](C)O)CC(=O)[C@H]([C@@H](C)O)CC(=O)CNC(=O)[C@H](Cc2ccccc2)NC(=O)[C@H](CCCN=C(N)N)NC1=O. The van der Waals surface area contributed by atoms with Crippen LogP contribution >= 0.6 is 11.8 Å². The molecule has 5 amide bonds. The van der Waals surface area contributed by atoms with Crippen LogP contribution in [0.2, 0.25) is 0 Å². The van der Waals surface area contributed by atoms with Crippen LogP contribution in [-0.2, 0) is 54.4 Å². The standard InChI is InChI=1S/C61H101N9O12S/c1-5-6-7-8-9-10-11-12-13-14-15-16-20-27-47(74)34-46(26-21-22-30-62)57(79)67-39-56(78)68-53-40-83-32-29-45(54(76)37-49(41(2)71)42(3)72)35-55(77)50(43(4)73)36-48(75)38-66-58(80)52(33-44-24-18-17-19-25-44)70-59(81)51(69-60(53)82)28-23-31-65-61(63)64/h17-19,24-25,41,43,45-46,49-53,71,73H,5-16,20-23,26-40,62H2,1-4H3,(H,66,80)(H,67,79)(H,68,78)(H,69,82)(H,70,81)(H4,63,64,65)/t41-,43-,45-,46?,49+,50+,51+,52+,53+/m1/s1. The fraction of sp³-hybridized carbons (Fsp3) is 0.721. The van der Waals surface area contributed by atoms with E-state index in [0.717, 1.165) is 37.4 Å². The number of benzene rings is 1. The van der Waals surface area contributed by atoms with Crippen LogP contribution in [0.1, 0.15) is 187 Å². The third-order valence-corrected chi connectivity index (χ3v) is 16.3. The lowest BCUT2D eigenvalue weighted by Gasteiger charge is -2.26. The van der Waals surface area contributed by atoms with Crippen LogP contribution < -0.4 is 43.8 Å². The summed E-state index contributed by atoms with van der Waals surface area (Å²) in [6, 6.07) is 4.68. The molecule has 1 heterocycles. The Kier molecular flexibility index (Phi) is 38.2. The zero-order valence-corrected chi connectivity index (χ0v) is 50.9. The number of rotatable bonds is 36. The molecule has 1 unspecified atom stereocenters. The Hall–Kier alpha value is -5.58. The van der Waals surface area contributed by atoms with Crippen LogP contribution in [-0.4, -0.2) is 143 Å². The maximum Gasteiger partial charge on any atom is 0.244 e. The molecule has 468 valence electrons. The molecule has 83 heavy (non-hydrogen) atoms. The topological polar surface area (TPSA) is 362 Å². The van der Waals surface area contributed by atoms with E-state index in [0.29, 0.717) is 37.8 Å². The van der Waals surface area contributed by atoms with Gasteiger partial charge in [0.25, 0.3) is 0 Å². The monoisotopic (exact) mass is 1180 g/mol. The van der Waals surface area contributed by atoms with Crippen molar-refractivity contribution in [3.63, 3.8) is 0 Å². The zero-order valence-electron chi connectivity index (χ0n) is 50.1. The highest BCUT2D eigenvalue weighted by Gasteiger charge is 2.35. The number of hydrogen-bond acceptors (Lipinski definition) is 15. The molecular weight excluding hydrogens is 1080 g/mol. The van der Waals surface area contributed by atoms with Crippen molar-refractivity contribution in [3.8, 4) is 0 Å². The van der Waals surface area contributed by atoms with Gasteiger partial charge in [0.1, 0.15) is 41.3 Å². The van der Waals surface area contributed by atoms with E-state index in [9.17, 15) is 58.2 Å². The van der Waals surface area contributed by atoms with E-state index in [-0.39, 0.29) is 61.9 Å². The molecule has 1 saturated heterocycles. The molecule has 1 aliphatic heterocycles. The average molecular weight is 1180 g/mol. The molecule has 9 atom stereocenters. The normalized spacial score (nSPS) is 20.3. The van der Waals surface area contributed by atoms with Crippen molar-refractivity contribution in [1.29, 1.82) is 0 Å². The van der Waals surface area contributed by atoms with Gasteiger partial charge in [0, 0.05) is 68.6 Å². The molecule has 1 aromatic carbocycles. The summed E-state index contributed by atoms with van der Waals surface area (Å²) in [4.78, 5) is 142. The van der Waals surface area contributed by atoms with Gasteiger partial charge in [-0.05, 0) is 77.2 Å². The van der Waals surface area contributed by atoms with Crippen molar-refractivity contribution in [2.75, 3.05) is 37.7 Å². The Morgan fingerprint density at radius 3 is 1.99 bits per heavy atom. The molecule has 0 aliphatic carbocycles. The molecular formula is C61H101N9O12S. The number of carbonyl (C=O) groups is 10. The van der Waals surface area contributed by atoms with E-state index in [4.69, 9.17) is 17.2 Å². The van der Waals surface area contributed by atoms with E-state index < -0.39 is 139 Å². The number of amides is 5. The van der Waals surface area contributed by atoms with E-state index >= 15 is 0 Å². The molecule has 21 nitrogen and oxygen atoms in total. The molecule has 0 aromatic heterocycles. The highest BCUT2D eigenvalue weighted by Crippen LogP contribution is 2.26. The number of hydrogen-bond donors (Lipinski definition) is 10. The summed E-state index contributed by atoms with van der Waals surface area (Å²) in [6.07, 6.45) is 13.4. The molecule has 0 saturated carbocycles. The maximum atomic E-state index is 14.5. The predicted octanol–water partition coefficient (Wildman–Crippen LogP) is 4.37. The van der Waals surface area contributed by atoms with E-state index in [2.05, 4.69) is 38.5 Å². The minimum Gasteiger partial charge on any atom is -0.393 e. The largest absolute Gasteiger partial charge is 0.393 e. The lowest BCUT2D eigenvalue weighted by Crippen LogP contribution is -2.58. The van der Waals surface area contributed by atoms with Gasteiger partial charge in [-0.15, -0.1) is 0 Å². The number of guanidine groups is 1. The fourth-order valence-electron chi connectivity index (χ4n) is 10.1. The number of aliphatic hydroxyl groups excluding tert-OH is 2. The first-order chi connectivity index (χ1) is 39.7. The van der Waals surface area contributed by atoms with E-state index in [1.165, 1.54) is 78.6 Å². The van der Waals surface area contributed by atoms with Gasteiger partial charge in [-0.1, -0.05) is 121 Å². The van der Waals surface area contributed by atoms with Gasteiger partial charge >= 0.3 is 0 Å². The molecule has 0 radical (unpaired) electrons. The third-order valence-electron chi connectivity index (χ3n) is 15.2. The van der Waals surface area contributed by atoms with Gasteiger partial charge < -0.3 is 54.0 Å². The van der Waals surface area contributed by atoms with Gasteiger partial charge in [0.15, 0.2) is 11.7 Å². The van der Waals surface area contributed by atoms with Crippen LogP contribution in [0.5, 0.6) is 0 Å². The Bertz CT molecular complexity index is 2190. The molecule has 1 fully saturated rings. The number of nitrogens with zero attached hydrogens (tertiary/aromatic N) is 1. The second-order valence-electron chi connectivity index (χ2n) is 22.5. The van der Waals surface area contributed by atoms with Crippen molar-refractivity contribution in [3.05, 3.63) is 35.9 Å². The molecule has 0 spiro atoms. The van der Waals surface area contributed by atoms with Gasteiger partial charge in [0.05, 0.1) is 31.2 Å². The minimum absolute atomic E-state index is 0.000211. The lowest BCUT2D eigenvalue weighted by molar-refractivity contribution is -0.136. The summed E-state index contributed by atoms with van der Waals surface area (Å²) in [7, 11) is 0. The number of nitrogens with one attached hydrogen (secondary N) is 5.